The minimum Gasteiger partial charge on any atom is -0.478 e. The van der Waals surface area contributed by atoms with Crippen molar-refractivity contribution in [3.63, 3.8) is 0 Å². The van der Waals surface area contributed by atoms with E-state index in [4.69, 9.17) is 10.8 Å². The van der Waals surface area contributed by atoms with E-state index < -0.39 is 5.97 Å². The van der Waals surface area contributed by atoms with Crippen LogP contribution in [0.15, 0.2) is 18.2 Å². The molecule has 0 atom stereocenters. The Hall–Kier alpha value is -1.35. The van der Waals surface area contributed by atoms with Gasteiger partial charge in [-0.1, -0.05) is 17.7 Å². The van der Waals surface area contributed by atoms with Gasteiger partial charge in [0.15, 0.2) is 0 Å². The normalized spacial score (nSPS) is 9.83. The van der Waals surface area contributed by atoms with Crippen LogP contribution in [0.5, 0.6) is 0 Å². The average molecular weight is 165 g/mol. The van der Waals surface area contributed by atoms with Crippen LogP contribution in [0.1, 0.15) is 21.5 Å². The Morgan fingerprint density at radius 3 is 2.75 bits per heavy atom. The minimum atomic E-state index is -0.917. The van der Waals surface area contributed by atoms with E-state index in [0.29, 0.717) is 11.1 Å². The summed E-state index contributed by atoms with van der Waals surface area (Å²) in [4.78, 5) is 10.7. The molecule has 0 fully saturated rings. The molecule has 0 saturated heterocycles. The Kier molecular flexibility index (Phi) is 2.45. The molecule has 0 aliphatic rings. The van der Waals surface area contributed by atoms with Crippen LogP contribution in [0, 0.1) is 6.92 Å². The molecule has 0 bridgehead atoms. The second-order valence-electron chi connectivity index (χ2n) is 2.67. The fraction of sp³-hybridized carbons (Fsp3) is 0.222. The van der Waals surface area contributed by atoms with Crippen molar-refractivity contribution in [1.29, 1.82) is 0 Å². The van der Waals surface area contributed by atoms with Crippen LogP contribution in [0.4, 0.5) is 0 Å². The molecule has 0 aliphatic heterocycles. The van der Waals surface area contributed by atoms with E-state index in [1.54, 1.807) is 12.1 Å². The molecule has 3 nitrogen and oxygen atoms in total. The molecule has 3 heteroatoms. The summed E-state index contributed by atoms with van der Waals surface area (Å²) in [6, 6.07) is 5.23. The number of hydrogen-bond acceptors (Lipinski definition) is 2. The van der Waals surface area contributed by atoms with Gasteiger partial charge in [0.1, 0.15) is 0 Å². The number of benzene rings is 1. The highest BCUT2D eigenvalue weighted by molar-refractivity contribution is 5.89. The highest BCUT2D eigenvalue weighted by Crippen LogP contribution is 2.10. The third-order valence-corrected chi connectivity index (χ3v) is 1.72. The Labute approximate surface area is 70.8 Å². The number of aryl methyl sites for hydroxylation is 1. The maximum absolute atomic E-state index is 10.7. The summed E-state index contributed by atoms with van der Waals surface area (Å²) in [6.45, 7) is 2.12. The van der Waals surface area contributed by atoms with Crippen molar-refractivity contribution in [3.05, 3.63) is 34.9 Å². The van der Waals surface area contributed by atoms with Crippen LogP contribution >= 0.6 is 0 Å². The molecule has 0 amide bonds. The standard InChI is InChI=1S/C9H11NO2/c1-6-2-3-7(5-10)8(4-6)9(11)12/h2-4H,5,10H2,1H3,(H,11,12). The molecule has 0 spiro atoms. The van der Waals surface area contributed by atoms with E-state index in [1.165, 1.54) is 0 Å². The van der Waals surface area contributed by atoms with Gasteiger partial charge in [-0.3, -0.25) is 0 Å². The fourth-order valence-corrected chi connectivity index (χ4v) is 1.07. The van der Waals surface area contributed by atoms with E-state index in [0.717, 1.165) is 5.56 Å². The van der Waals surface area contributed by atoms with Crippen molar-refractivity contribution >= 4 is 5.97 Å². The highest BCUT2D eigenvalue weighted by atomic mass is 16.4. The number of carboxylic acids is 1. The van der Waals surface area contributed by atoms with Gasteiger partial charge in [-0.05, 0) is 18.6 Å². The topological polar surface area (TPSA) is 63.3 Å². The molecule has 0 radical (unpaired) electrons. The monoisotopic (exact) mass is 165 g/mol. The lowest BCUT2D eigenvalue weighted by atomic mass is 10.0. The zero-order valence-corrected chi connectivity index (χ0v) is 6.87. The number of aromatic carboxylic acids is 1. The van der Waals surface area contributed by atoms with Crippen LogP contribution in [-0.4, -0.2) is 11.1 Å². The molecule has 12 heavy (non-hydrogen) atoms. The first-order valence-electron chi connectivity index (χ1n) is 3.68. The minimum absolute atomic E-state index is 0.266. The lowest BCUT2D eigenvalue weighted by Gasteiger charge is -2.03. The zero-order valence-electron chi connectivity index (χ0n) is 6.87. The number of nitrogens with two attached hydrogens (primary N) is 1. The second kappa shape index (κ2) is 3.36. The molecule has 1 aromatic carbocycles. The first-order chi connectivity index (χ1) is 5.65. The van der Waals surface area contributed by atoms with Crippen molar-refractivity contribution < 1.29 is 9.90 Å². The van der Waals surface area contributed by atoms with Crippen molar-refractivity contribution in [3.8, 4) is 0 Å². The largest absolute Gasteiger partial charge is 0.478 e. The summed E-state index contributed by atoms with van der Waals surface area (Å²) in [5, 5.41) is 8.77. The SMILES string of the molecule is Cc1ccc(CN)c(C(=O)O)c1. The van der Waals surface area contributed by atoms with Crippen LogP contribution < -0.4 is 5.73 Å². The first-order valence-corrected chi connectivity index (χ1v) is 3.68. The Balaban J connectivity index is 3.21. The van der Waals surface area contributed by atoms with Crippen LogP contribution in [0.2, 0.25) is 0 Å². The van der Waals surface area contributed by atoms with Gasteiger partial charge in [0.2, 0.25) is 0 Å². The Morgan fingerprint density at radius 1 is 1.58 bits per heavy atom. The van der Waals surface area contributed by atoms with Gasteiger partial charge in [-0.15, -0.1) is 0 Å². The van der Waals surface area contributed by atoms with E-state index in [9.17, 15) is 4.79 Å². The van der Waals surface area contributed by atoms with E-state index in [-0.39, 0.29) is 6.54 Å². The molecule has 0 saturated carbocycles. The maximum Gasteiger partial charge on any atom is 0.336 e. The molecule has 0 aromatic heterocycles. The van der Waals surface area contributed by atoms with Gasteiger partial charge in [-0.2, -0.15) is 0 Å². The summed E-state index contributed by atoms with van der Waals surface area (Å²) in [5.41, 5.74) is 7.29. The molecule has 0 aliphatic carbocycles. The average Bonchev–Trinajstić information content (AvgIpc) is 2.04. The zero-order chi connectivity index (χ0) is 9.14. The summed E-state index contributed by atoms with van der Waals surface area (Å²) in [7, 11) is 0. The molecule has 3 N–H and O–H groups in total. The molecule has 0 unspecified atom stereocenters. The van der Waals surface area contributed by atoms with Crippen molar-refractivity contribution in [2.24, 2.45) is 5.73 Å². The van der Waals surface area contributed by atoms with Crippen LogP contribution in [-0.2, 0) is 6.54 Å². The predicted molar refractivity (Wildman–Crippen MR) is 46.0 cm³/mol. The number of carbonyl (C=O) groups is 1. The maximum atomic E-state index is 10.7. The Morgan fingerprint density at radius 2 is 2.25 bits per heavy atom. The van der Waals surface area contributed by atoms with E-state index >= 15 is 0 Å². The van der Waals surface area contributed by atoms with Gasteiger partial charge < -0.3 is 10.8 Å². The predicted octanol–water partition coefficient (Wildman–Crippen LogP) is 1.15. The number of hydrogen-bond donors (Lipinski definition) is 2. The van der Waals surface area contributed by atoms with Crippen molar-refractivity contribution in [1.82, 2.24) is 0 Å². The number of rotatable bonds is 2. The van der Waals surface area contributed by atoms with E-state index in [1.807, 2.05) is 13.0 Å². The van der Waals surface area contributed by atoms with Crippen molar-refractivity contribution in [2.45, 2.75) is 13.5 Å². The van der Waals surface area contributed by atoms with Gasteiger partial charge >= 0.3 is 5.97 Å². The summed E-state index contributed by atoms with van der Waals surface area (Å²) in [5.74, 6) is -0.917. The smallest absolute Gasteiger partial charge is 0.336 e. The van der Waals surface area contributed by atoms with Gasteiger partial charge in [-0.25, -0.2) is 4.79 Å². The van der Waals surface area contributed by atoms with Gasteiger partial charge in [0.25, 0.3) is 0 Å². The van der Waals surface area contributed by atoms with Crippen LogP contribution in [0.3, 0.4) is 0 Å². The van der Waals surface area contributed by atoms with Crippen molar-refractivity contribution in [2.75, 3.05) is 0 Å². The molecule has 1 rings (SSSR count). The molecule has 64 valence electrons. The molecular formula is C9H11NO2. The molecule has 0 heterocycles. The lowest BCUT2D eigenvalue weighted by molar-refractivity contribution is 0.0695. The third-order valence-electron chi connectivity index (χ3n) is 1.72. The first kappa shape index (κ1) is 8.74. The fourth-order valence-electron chi connectivity index (χ4n) is 1.07. The lowest BCUT2D eigenvalue weighted by Crippen LogP contribution is -2.06. The quantitative estimate of drug-likeness (QED) is 0.691. The summed E-state index contributed by atoms with van der Waals surface area (Å²) < 4.78 is 0. The van der Waals surface area contributed by atoms with Gasteiger partial charge in [0.05, 0.1) is 5.56 Å². The van der Waals surface area contributed by atoms with E-state index in [2.05, 4.69) is 0 Å². The third kappa shape index (κ3) is 1.62. The van der Waals surface area contributed by atoms with Gasteiger partial charge in [0, 0.05) is 6.54 Å². The molecule has 1 aromatic rings. The van der Waals surface area contributed by atoms with Crippen LogP contribution in [0.25, 0.3) is 0 Å². The summed E-state index contributed by atoms with van der Waals surface area (Å²) in [6.07, 6.45) is 0. The second-order valence-corrected chi connectivity index (χ2v) is 2.67. The summed E-state index contributed by atoms with van der Waals surface area (Å²) >= 11 is 0. The highest BCUT2D eigenvalue weighted by Gasteiger charge is 2.07. The number of carboxylic acid groups (broad SMARTS) is 1. The Bertz CT molecular complexity index is 307. The molecular weight excluding hydrogens is 154 g/mol.